The van der Waals surface area contributed by atoms with Crippen molar-refractivity contribution in [1.29, 1.82) is 0 Å². The summed E-state index contributed by atoms with van der Waals surface area (Å²) in [5.74, 6) is 0. The third-order valence-corrected chi connectivity index (χ3v) is 7.70. The van der Waals surface area contributed by atoms with Gasteiger partial charge in [-0.1, -0.05) is 40.7 Å². The summed E-state index contributed by atoms with van der Waals surface area (Å²) in [4.78, 5) is 13.2. The molecule has 0 spiro atoms. The van der Waals surface area contributed by atoms with Crippen molar-refractivity contribution in [2.24, 2.45) is 0 Å². The molecule has 2 nitrogen and oxygen atoms in total. The van der Waals surface area contributed by atoms with Crippen LogP contribution in [0, 0.1) is 0 Å². The van der Waals surface area contributed by atoms with E-state index in [-0.39, 0.29) is 10.2 Å². The Morgan fingerprint density at radius 1 is 1.00 bits per heavy atom. The zero-order valence-corrected chi connectivity index (χ0v) is 14.0. The minimum absolute atomic E-state index is 0.140. The molecule has 0 N–H and O–H groups in total. The number of hydrogen-bond acceptors (Lipinski definition) is 5. The maximum Gasteiger partial charge on any atom is 0.281 e. The average molecular weight is 338 g/mol. The predicted molar refractivity (Wildman–Crippen MR) is 91.0 cm³/mol. The van der Waals surface area contributed by atoms with E-state index in [1.807, 2.05) is 38.1 Å². The number of hydrogen-bond donors (Lipinski definition) is 0. The SMILES string of the molecule is CC1=[S+]C(=c2ccc(=C3SC(C)=C([O-])S3)cc2)SC1=O. The summed E-state index contributed by atoms with van der Waals surface area (Å²) in [6.45, 7) is 3.71. The molecule has 2 aliphatic rings. The van der Waals surface area contributed by atoms with E-state index in [0.29, 0.717) is 0 Å². The van der Waals surface area contributed by atoms with E-state index in [9.17, 15) is 9.90 Å². The van der Waals surface area contributed by atoms with E-state index in [1.165, 1.54) is 46.6 Å². The first kappa shape index (κ1) is 14.3. The average Bonchev–Trinajstić information content (AvgIpc) is 2.94. The molecule has 1 aromatic rings. The van der Waals surface area contributed by atoms with Gasteiger partial charge in [-0.15, -0.1) is 0 Å². The lowest BCUT2D eigenvalue weighted by atomic mass is 10.3. The lowest BCUT2D eigenvalue weighted by Gasteiger charge is -2.02. The van der Waals surface area contributed by atoms with E-state index in [4.69, 9.17) is 0 Å². The van der Waals surface area contributed by atoms with Crippen molar-refractivity contribution in [2.45, 2.75) is 13.8 Å². The standard InChI is InChI=1S/C14H10O2S4/c1-7-11(15)19-13(17-7)9-3-5-10(6-4-9)14-18-8(2)12(16)20-14/h3-6H,1-2H3. The van der Waals surface area contributed by atoms with E-state index >= 15 is 0 Å². The van der Waals surface area contributed by atoms with Gasteiger partial charge in [0.25, 0.3) is 14.2 Å². The second-order valence-corrected chi connectivity index (χ2v) is 9.18. The monoisotopic (exact) mass is 338 g/mol. The summed E-state index contributed by atoms with van der Waals surface area (Å²) in [5.41, 5.74) is 0. The molecule has 3 rings (SSSR count). The van der Waals surface area contributed by atoms with Crippen molar-refractivity contribution in [3.63, 3.8) is 0 Å². The second-order valence-electron chi connectivity index (χ2n) is 4.25. The molecule has 0 aliphatic carbocycles. The Morgan fingerprint density at radius 3 is 2.15 bits per heavy atom. The van der Waals surface area contributed by atoms with Crippen molar-refractivity contribution in [3.8, 4) is 0 Å². The number of allylic oxidation sites excluding steroid dienone is 1. The topological polar surface area (TPSA) is 40.1 Å². The molecule has 102 valence electrons. The van der Waals surface area contributed by atoms with E-state index in [1.54, 1.807) is 0 Å². The highest BCUT2D eigenvalue weighted by molar-refractivity contribution is 8.37. The molecule has 0 saturated carbocycles. The Bertz CT molecular complexity index is 750. The highest BCUT2D eigenvalue weighted by Gasteiger charge is 2.31. The molecule has 2 aliphatic heterocycles. The summed E-state index contributed by atoms with van der Waals surface area (Å²) >= 11 is 5.66. The van der Waals surface area contributed by atoms with Gasteiger partial charge in [0.15, 0.2) is 0 Å². The first-order valence-corrected chi connectivity index (χ1v) is 9.13. The van der Waals surface area contributed by atoms with Gasteiger partial charge in [-0.25, -0.2) is 0 Å². The van der Waals surface area contributed by atoms with Gasteiger partial charge in [0.1, 0.15) is 0 Å². The van der Waals surface area contributed by atoms with Crippen LogP contribution in [0.5, 0.6) is 0 Å². The van der Waals surface area contributed by atoms with Crippen LogP contribution in [-0.2, 0) is 16.1 Å². The smallest absolute Gasteiger partial charge is 0.281 e. The van der Waals surface area contributed by atoms with Crippen LogP contribution < -0.4 is 15.5 Å². The third-order valence-electron chi connectivity index (χ3n) is 2.79. The molecule has 0 radical (unpaired) electrons. The lowest BCUT2D eigenvalue weighted by Crippen LogP contribution is -2.09. The van der Waals surface area contributed by atoms with Crippen LogP contribution in [-0.4, -0.2) is 9.98 Å². The van der Waals surface area contributed by atoms with Gasteiger partial charge in [-0.05, 0) is 29.2 Å². The van der Waals surface area contributed by atoms with Crippen LogP contribution in [0.1, 0.15) is 13.8 Å². The largest absolute Gasteiger partial charge is 0.867 e. The summed E-state index contributed by atoms with van der Waals surface area (Å²) in [6, 6.07) is 8.07. The molecular weight excluding hydrogens is 328 g/mol. The summed E-state index contributed by atoms with van der Waals surface area (Å²) in [7, 11) is 0. The zero-order valence-electron chi connectivity index (χ0n) is 10.8. The van der Waals surface area contributed by atoms with Crippen LogP contribution in [0.25, 0.3) is 8.47 Å². The fraction of sp³-hybridized carbons (Fsp3) is 0.143. The molecule has 0 bridgehead atoms. The van der Waals surface area contributed by atoms with Crippen molar-refractivity contribution >= 4 is 65.1 Å². The lowest BCUT2D eigenvalue weighted by molar-refractivity contribution is -0.284. The van der Waals surface area contributed by atoms with Crippen LogP contribution in [0.3, 0.4) is 0 Å². The van der Waals surface area contributed by atoms with Gasteiger partial charge in [0, 0.05) is 23.9 Å². The van der Waals surface area contributed by atoms with Crippen LogP contribution in [0.2, 0.25) is 0 Å². The minimum Gasteiger partial charge on any atom is -0.867 e. The first-order chi connectivity index (χ1) is 9.54. The summed E-state index contributed by atoms with van der Waals surface area (Å²) in [6.07, 6.45) is 0. The molecule has 0 unspecified atom stereocenters. The molecule has 0 fully saturated rings. The fourth-order valence-corrected chi connectivity index (χ4v) is 6.09. The van der Waals surface area contributed by atoms with Crippen molar-refractivity contribution in [3.05, 3.63) is 44.7 Å². The number of carbonyl (C=O) groups is 1. The van der Waals surface area contributed by atoms with Crippen molar-refractivity contribution in [1.82, 2.24) is 0 Å². The number of thioether (sulfide) groups is 3. The van der Waals surface area contributed by atoms with Crippen LogP contribution in [0.4, 0.5) is 0 Å². The predicted octanol–water partition coefficient (Wildman–Crippen LogP) is 1.40. The molecule has 20 heavy (non-hydrogen) atoms. The highest BCUT2D eigenvalue weighted by Crippen LogP contribution is 2.46. The van der Waals surface area contributed by atoms with E-state index in [0.717, 1.165) is 28.7 Å². The molecule has 1 aromatic carbocycles. The van der Waals surface area contributed by atoms with Gasteiger partial charge in [0.2, 0.25) is 11.4 Å². The number of benzene rings is 1. The van der Waals surface area contributed by atoms with E-state index < -0.39 is 0 Å². The summed E-state index contributed by atoms with van der Waals surface area (Å²) in [5, 5.41) is 13.9. The Balaban J connectivity index is 2.01. The molecule has 6 heteroatoms. The molecule has 0 atom stereocenters. The third kappa shape index (κ3) is 2.70. The highest BCUT2D eigenvalue weighted by atomic mass is 32.2. The molecule has 0 saturated heterocycles. The maximum absolute atomic E-state index is 11.5. The van der Waals surface area contributed by atoms with Crippen molar-refractivity contribution < 1.29 is 9.90 Å². The Morgan fingerprint density at radius 2 is 1.65 bits per heavy atom. The normalized spacial score (nSPS) is 19.1. The molecule has 2 heterocycles. The summed E-state index contributed by atoms with van der Waals surface area (Å²) < 4.78 is 2.07. The Labute approximate surface area is 133 Å². The van der Waals surface area contributed by atoms with Gasteiger partial charge >= 0.3 is 0 Å². The Kier molecular flexibility index (Phi) is 3.99. The molecule has 0 amide bonds. The van der Waals surface area contributed by atoms with Crippen LogP contribution in [0.15, 0.2) is 34.3 Å². The van der Waals surface area contributed by atoms with Crippen LogP contribution >= 0.6 is 35.3 Å². The van der Waals surface area contributed by atoms with Gasteiger partial charge in [-0.3, -0.25) is 4.79 Å². The maximum atomic E-state index is 11.5. The molecular formula is C14H10O2S4. The molecule has 0 aromatic heterocycles. The van der Waals surface area contributed by atoms with Gasteiger partial charge in [-0.2, -0.15) is 0 Å². The second kappa shape index (κ2) is 5.60. The zero-order chi connectivity index (χ0) is 14.3. The van der Waals surface area contributed by atoms with Gasteiger partial charge in [0.05, 0.1) is 4.24 Å². The van der Waals surface area contributed by atoms with E-state index in [2.05, 4.69) is 0 Å². The Hall–Kier alpha value is -0.690. The number of carbonyl (C=O) groups excluding carboxylic acids is 1. The fourth-order valence-electron chi connectivity index (χ4n) is 1.69. The first-order valence-electron chi connectivity index (χ1n) is 5.86. The van der Waals surface area contributed by atoms with Crippen molar-refractivity contribution in [2.75, 3.05) is 0 Å². The minimum atomic E-state index is 0.140. The van der Waals surface area contributed by atoms with Gasteiger partial charge < -0.3 is 5.11 Å². The quantitative estimate of drug-likeness (QED) is 0.528. The number of rotatable bonds is 0.